The molecule has 2 heterocycles. The lowest BCUT2D eigenvalue weighted by Gasteiger charge is -2.20. The van der Waals surface area contributed by atoms with Crippen LogP contribution in [0.4, 0.5) is 0 Å². The van der Waals surface area contributed by atoms with Crippen LogP contribution >= 0.6 is 11.8 Å². The summed E-state index contributed by atoms with van der Waals surface area (Å²) in [6, 6.07) is 12.6. The van der Waals surface area contributed by atoms with E-state index in [2.05, 4.69) is 23.9 Å². The largest absolute Gasteiger partial charge is 0.497 e. The Kier molecular flexibility index (Phi) is 7.94. The molecule has 0 unspecified atom stereocenters. The summed E-state index contributed by atoms with van der Waals surface area (Å²) in [5.74, 6) is 2.49. The molecule has 10 heteroatoms. The molecule has 0 fully saturated rings. The number of nitrogens with one attached hydrogen (secondary N) is 1. The van der Waals surface area contributed by atoms with Crippen molar-refractivity contribution in [2.45, 2.75) is 20.3 Å². The fourth-order valence-electron chi connectivity index (χ4n) is 3.51. The highest BCUT2D eigenvalue weighted by Gasteiger charge is 2.35. The van der Waals surface area contributed by atoms with Crippen LogP contribution in [0.25, 0.3) is 6.08 Å². The molecule has 1 N–H and O–H groups in total. The SMILES string of the molecule is COc1ccc(OCCOc2ccc(/C=C3/C(=N)N4N=C(CC(C)C)SC4=NC3=O)cc2OC)cc1. The molecule has 0 radical (unpaired) electrons. The first-order valence-corrected chi connectivity index (χ1v) is 12.3. The van der Waals surface area contributed by atoms with Crippen molar-refractivity contribution in [2.75, 3.05) is 27.4 Å². The van der Waals surface area contributed by atoms with Crippen molar-refractivity contribution in [3.05, 3.63) is 53.6 Å². The molecule has 0 saturated heterocycles. The Labute approximate surface area is 214 Å². The molecule has 0 spiro atoms. The van der Waals surface area contributed by atoms with Crippen molar-refractivity contribution in [1.29, 1.82) is 5.41 Å². The van der Waals surface area contributed by atoms with E-state index in [1.54, 1.807) is 38.5 Å². The molecule has 9 nitrogen and oxygen atoms in total. The molecule has 0 saturated carbocycles. The van der Waals surface area contributed by atoms with Crippen LogP contribution in [0.3, 0.4) is 0 Å². The summed E-state index contributed by atoms with van der Waals surface area (Å²) in [6.45, 7) is 4.85. The number of thioether (sulfide) groups is 1. The van der Waals surface area contributed by atoms with Crippen molar-refractivity contribution in [2.24, 2.45) is 16.0 Å². The highest BCUT2D eigenvalue weighted by Crippen LogP contribution is 2.32. The molecular formula is C26H28N4O5S. The molecule has 0 aliphatic carbocycles. The Morgan fingerprint density at radius 1 is 1.00 bits per heavy atom. The third-order valence-corrected chi connectivity index (χ3v) is 6.18. The van der Waals surface area contributed by atoms with Gasteiger partial charge in [-0.05, 0) is 65.7 Å². The van der Waals surface area contributed by atoms with E-state index in [0.29, 0.717) is 41.4 Å². The number of hydrogen-bond donors (Lipinski definition) is 1. The average Bonchev–Trinajstić information content (AvgIpc) is 3.26. The van der Waals surface area contributed by atoms with Gasteiger partial charge in [0.15, 0.2) is 17.3 Å². The molecule has 36 heavy (non-hydrogen) atoms. The lowest BCUT2D eigenvalue weighted by atomic mass is 10.1. The van der Waals surface area contributed by atoms with E-state index < -0.39 is 5.91 Å². The van der Waals surface area contributed by atoms with Crippen molar-refractivity contribution < 1.29 is 23.7 Å². The number of hydrazone groups is 1. The van der Waals surface area contributed by atoms with Crippen molar-refractivity contribution in [3.8, 4) is 23.0 Å². The van der Waals surface area contributed by atoms with Gasteiger partial charge in [-0.2, -0.15) is 15.1 Å². The number of amidine groups is 2. The van der Waals surface area contributed by atoms with E-state index >= 15 is 0 Å². The molecule has 0 bridgehead atoms. The summed E-state index contributed by atoms with van der Waals surface area (Å²) >= 11 is 1.34. The lowest BCUT2D eigenvalue weighted by Crippen LogP contribution is -2.35. The average molecular weight is 509 g/mol. The Balaban J connectivity index is 1.41. The number of rotatable bonds is 10. The number of carbonyl (C=O) groups excluding carboxylic acids is 1. The zero-order valence-corrected chi connectivity index (χ0v) is 21.4. The molecule has 2 aliphatic rings. The quantitative estimate of drug-likeness (QED) is 0.362. The van der Waals surface area contributed by atoms with E-state index in [4.69, 9.17) is 24.4 Å². The predicted octanol–water partition coefficient (Wildman–Crippen LogP) is 4.83. The van der Waals surface area contributed by atoms with Crippen LogP contribution in [-0.2, 0) is 4.79 Å². The molecule has 2 aliphatic heterocycles. The van der Waals surface area contributed by atoms with Crippen LogP contribution < -0.4 is 18.9 Å². The first kappa shape index (κ1) is 25.3. The summed E-state index contributed by atoms with van der Waals surface area (Å²) in [5.41, 5.74) is 0.844. The first-order chi connectivity index (χ1) is 17.4. The van der Waals surface area contributed by atoms with Gasteiger partial charge in [0.2, 0.25) is 5.17 Å². The van der Waals surface area contributed by atoms with Gasteiger partial charge in [-0.15, -0.1) is 0 Å². The Morgan fingerprint density at radius 3 is 2.42 bits per heavy atom. The van der Waals surface area contributed by atoms with Gasteiger partial charge in [0.1, 0.15) is 29.8 Å². The minimum absolute atomic E-state index is 0.00577. The van der Waals surface area contributed by atoms with Crippen molar-refractivity contribution >= 4 is 39.8 Å². The highest BCUT2D eigenvalue weighted by molar-refractivity contribution is 8.26. The van der Waals surface area contributed by atoms with Crippen LogP contribution in [0.5, 0.6) is 23.0 Å². The number of ether oxygens (including phenoxy) is 4. The minimum Gasteiger partial charge on any atom is -0.497 e. The maximum absolute atomic E-state index is 12.7. The standard InChI is InChI=1S/C26H28N4O5S/c1-16(2)13-23-29-30-24(27)20(25(31)28-26(30)36-23)14-17-5-10-21(22(15-17)33-4)35-12-11-34-19-8-6-18(32-3)7-9-19/h5-10,14-16,27H,11-13H2,1-4H3/b20-14-,27-24?. The van der Waals surface area contributed by atoms with Gasteiger partial charge in [-0.1, -0.05) is 19.9 Å². The second kappa shape index (κ2) is 11.3. The maximum atomic E-state index is 12.7. The third-order valence-electron chi connectivity index (χ3n) is 5.25. The van der Waals surface area contributed by atoms with Crippen molar-refractivity contribution in [3.63, 3.8) is 0 Å². The smallest absolute Gasteiger partial charge is 0.283 e. The fraction of sp³-hybridized carbons (Fsp3) is 0.308. The summed E-state index contributed by atoms with van der Waals surface area (Å²) in [5, 5.41) is 15.7. The second-order valence-electron chi connectivity index (χ2n) is 8.39. The number of aliphatic imine (C=N–C) groups is 1. The fourth-order valence-corrected chi connectivity index (χ4v) is 4.60. The molecule has 2 aromatic carbocycles. The number of amides is 1. The van der Waals surface area contributed by atoms with Gasteiger partial charge in [0.05, 0.1) is 19.8 Å². The first-order valence-electron chi connectivity index (χ1n) is 11.4. The Morgan fingerprint density at radius 2 is 1.72 bits per heavy atom. The number of fused-ring (bicyclic) bond motifs is 1. The zero-order chi connectivity index (χ0) is 25.7. The monoisotopic (exact) mass is 508 g/mol. The Bertz CT molecular complexity index is 1240. The highest BCUT2D eigenvalue weighted by atomic mass is 32.2. The van der Waals surface area contributed by atoms with Gasteiger partial charge in [-0.25, -0.2) is 0 Å². The van der Waals surface area contributed by atoms with Crippen LogP contribution in [-0.4, -0.2) is 54.4 Å². The summed E-state index contributed by atoms with van der Waals surface area (Å²) in [7, 11) is 3.16. The van der Waals surface area contributed by atoms with Gasteiger partial charge >= 0.3 is 0 Å². The predicted molar refractivity (Wildman–Crippen MR) is 141 cm³/mol. The molecule has 2 aromatic rings. The van der Waals surface area contributed by atoms with Gasteiger partial charge < -0.3 is 18.9 Å². The van der Waals surface area contributed by atoms with Gasteiger partial charge in [0, 0.05) is 6.42 Å². The van der Waals surface area contributed by atoms with E-state index in [1.165, 1.54) is 16.8 Å². The number of benzene rings is 2. The van der Waals surface area contributed by atoms with E-state index in [1.807, 2.05) is 24.3 Å². The van der Waals surface area contributed by atoms with Crippen LogP contribution in [0.1, 0.15) is 25.8 Å². The van der Waals surface area contributed by atoms with Gasteiger partial charge in [0.25, 0.3) is 5.91 Å². The lowest BCUT2D eigenvalue weighted by molar-refractivity contribution is -0.114. The maximum Gasteiger partial charge on any atom is 0.283 e. The normalized spacial score (nSPS) is 16.1. The number of carbonyl (C=O) groups is 1. The molecule has 4 rings (SSSR count). The summed E-state index contributed by atoms with van der Waals surface area (Å²) in [6.07, 6.45) is 2.38. The molecule has 0 aromatic heterocycles. The third kappa shape index (κ3) is 5.88. The minimum atomic E-state index is -0.463. The molecular weight excluding hydrogens is 480 g/mol. The van der Waals surface area contributed by atoms with E-state index in [0.717, 1.165) is 23.0 Å². The zero-order valence-electron chi connectivity index (χ0n) is 20.6. The van der Waals surface area contributed by atoms with Crippen LogP contribution in [0, 0.1) is 11.3 Å². The topological polar surface area (TPSA) is 106 Å². The number of hydrogen-bond acceptors (Lipinski definition) is 8. The number of nitrogens with zero attached hydrogens (tertiary/aromatic N) is 3. The van der Waals surface area contributed by atoms with Crippen LogP contribution in [0.15, 0.2) is 58.1 Å². The summed E-state index contributed by atoms with van der Waals surface area (Å²) in [4.78, 5) is 16.8. The van der Waals surface area contributed by atoms with E-state index in [-0.39, 0.29) is 11.4 Å². The van der Waals surface area contributed by atoms with E-state index in [9.17, 15) is 4.79 Å². The number of methoxy groups -OCH3 is 2. The second-order valence-corrected chi connectivity index (χ2v) is 9.43. The molecule has 1 amide bonds. The summed E-state index contributed by atoms with van der Waals surface area (Å²) < 4.78 is 22.1. The Hall–Kier alpha value is -3.79. The molecule has 0 atom stereocenters. The van der Waals surface area contributed by atoms with Gasteiger partial charge in [-0.3, -0.25) is 10.2 Å². The van der Waals surface area contributed by atoms with Crippen molar-refractivity contribution in [1.82, 2.24) is 5.01 Å². The molecule has 188 valence electrons. The van der Waals surface area contributed by atoms with Crippen LogP contribution in [0.2, 0.25) is 0 Å².